The number of rotatable bonds is 8. The third-order valence-corrected chi connectivity index (χ3v) is 5.82. The molecule has 3 rings (SSSR count). The second-order valence-electron chi connectivity index (χ2n) is 6.87. The molecule has 30 heavy (non-hydrogen) atoms. The monoisotopic (exact) mass is 488 g/mol. The summed E-state index contributed by atoms with van der Waals surface area (Å²) in [6.45, 7) is 4.07. The number of cyclic esters (lactones) is 1. The fourth-order valence-corrected chi connectivity index (χ4v) is 3.78. The number of nitrogens with zero attached hydrogens (tertiary/aromatic N) is 1. The number of hydrogen-bond acceptors (Lipinski definition) is 6. The average molecular weight is 490 g/mol. The van der Waals surface area contributed by atoms with Gasteiger partial charge in [0.1, 0.15) is 23.4 Å². The van der Waals surface area contributed by atoms with E-state index in [4.69, 9.17) is 48.6 Å². The van der Waals surface area contributed by atoms with Crippen LogP contribution >= 0.6 is 46.8 Å². The maximum atomic E-state index is 11.6. The number of ether oxygens (including phenoxy) is 2. The Morgan fingerprint density at radius 1 is 1.17 bits per heavy atom. The fourth-order valence-electron chi connectivity index (χ4n) is 2.72. The van der Waals surface area contributed by atoms with Crippen LogP contribution in [0.15, 0.2) is 40.4 Å². The van der Waals surface area contributed by atoms with E-state index in [0.717, 1.165) is 22.5 Å². The van der Waals surface area contributed by atoms with Crippen LogP contribution in [0.1, 0.15) is 32.3 Å². The van der Waals surface area contributed by atoms with E-state index in [1.165, 1.54) is 0 Å². The zero-order valence-electron chi connectivity index (χ0n) is 16.2. The first-order valence-electron chi connectivity index (χ1n) is 9.03. The highest BCUT2D eigenvalue weighted by Crippen LogP contribution is 2.41. The van der Waals surface area contributed by atoms with E-state index >= 15 is 0 Å². The molecule has 0 aromatic heterocycles. The Hall–Kier alpha value is -1.80. The van der Waals surface area contributed by atoms with Crippen LogP contribution in [-0.2, 0) is 14.6 Å². The van der Waals surface area contributed by atoms with Gasteiger partial charge in [0.05, 0.1) is 32.3 Å². The first-order valence-corrected chi connectivity index (χ1v) is 10.9. The third-order valence-electron chi connectivity index (χ3n) is 4.18. The maximum Gasteiger partial charge on any atom is 0.412 e. The van der Waals surface area contributed by atoms with Gasteiger partial charge in [-0.05, 0) is 57.0 Å². The molecule has 1 N–H and O–H groups in total. The number of hydrogen-bond donors (Lipinski definition) is 1. The van der Waals surface area contributed by atoms with E-state index < -0.39 is 11.7 Å². The van der Waals surface area contributed by atoms with Crippen LogP contribution < -0.4 is 10.1 Å². The van der Waals surface area contributed by atoms with Crippen molar-refractivity contribution in [3.63, 3.8) is 0 Å². The summed E-state index contributed by atoms with van der Waals surface area (Å²) < 4.78 is 16.3. The van der Waals surface area contributed by atoms with E-state index in [0.29, 0.717) is 46.0 Å². The second-order valence-corrected chi connectivity index (χ2v) is 8.87. The summed E-state index contributed by atoms with van der Waals surface area (Å²) in [7, 11) is 0. The maximum absolute atomic E-state index is 11.6. The van der Waals surface area contributed by atoms with Crippen LogP contribution in [0.3, 0.4) is 0 Å². The molecule has 6 nitrogen and oxygen atoms in total. The van der Waals surface area contributed by atoms with E-state index in [-0.39, 0.29) is 0 Å². The predicted octanol–water partition coefficient (Wildman–Crippen LogP) is 7.31. The minimum Gasteiger partial charge on any atom is -0.492 e. The topological polar surface area (TPSA) is 69.2 Å². The highest BCUT2D eigenvalue weighted by atomic mass is 35.5. The molecule has 0 saturated carbocycles. The van der Waals surface area contributed by atoms with Gasteiger partial charge in [-0.1, -0.05) is 40.0 Å². The van der Waals surface area contributed by atoms with Crippen molar-refractivity contribution >= 4 is 64.8 Å². The zero-order valence-corrected chi connectivity index (χ0v) is 19.3. The number of carbonyl (C=O) groups is 1. The van der Waals surface area contributed by atoms with Crippen molar-refractivity contribution in [1.82, 2.24) is 0 Å². The van der Waals surface area contributed by atoms with Gasteiger partial charge in [0.2, 0.25) is 0 Å². The summed E-state index contributed by atoms with van der Waals surface area (Å²) >= 11 is 19.2. The Bertz CT molecular complexity index is 969. The summed E-state index contributed by atoms with van der Waals surface area (Å²) in [5.41, 5.74) is 0.657. The number of unbranched alkanes of at least 4 members (excludes halogenated alkanes) is 1. The van der Waals surface area contributed by atoms with Crippen molar-refractivity contribution in [2.45, 2.75) is 37.2 Å². The smallest absolute Gasteiger partial charge is 0.412 e. The Kier molecular flexibility index (Phi) is 7.63. The summed E-state index contributed by atoms with van der Waals surface area (Å²) in [5.74, 6) is 0.534. The van der Waals surface area contributed by atoms with Gasteiger partial charge < -0.3 is 13.8 Å². The molecule has 2 aromatic carbocycles. The molecule has 1 aliphatic rings. The Labute approximate surface area is 194 Å². The molecule has 1 aliphatic heterocycles. The van der Waals surface area contributed by atoms with Crippen LogP contribution in [0, 0.1) is 0 Å². The van der Waals surface area contributed by atoms with Crippen LogP contribution in [-0.4, -0.2) is 18.9 Å². The number of nitrogens with one attached hydrogen (secondary N) is 1. The van der Waals surface area contributed by atoms with Crippen LogP contribution in [0.5, 0.6) is 5.75 Å². The van der Waals surface area contributed by atoms with Gasteiger partial charge in [-0.25, -0.2) is 4.79 Å². The molecule has 2 aromatic rings. The number of halogens is 3. The van der Waals surface area contributed by atoms with Gasteiger partial charge in [-0.3, -0.25) is 5.32 Å². The molecule has 0 atom stereocenters. The van der Waals surface area contributed by atoms with Crippen molar-refractivity contribution in [2.24, 2.45) is 5.16 Å². The molecular formula is C20H19Cl3N2O4S. The van der Waals surface area contributed by atoms with Crippen LogP contribution in [0.2, 0.25) is 15.1 Å². The molecule has 0 saturated heterocycles. The number of carbonyl (C=O) groups excluding carboxylic acids is 1. The summed E-state index contributed by atoms with van der Waals surface area (Å²) in [4.78, 5) is 12.4. The molecule has 0 spiro atoms. The quantitative estimate of drug-likeness (QED) is 0.182. The molecule has 0 unspecified atom stereocenters. The number of benzene rings is 2. The molecule has 0 fully saturated rings. The fraction of sp³-hybridized carbons (Fsp3) is 0.300. The standard InChI is InChI=1S/C20H19Cl3N2O4S/c1-20(2)13-10-18(16(23)11-17(13)25-19(26)28-20)27-8-4-3-7-24-29-30-12-5-6-14(21)15(22)9-12/h5-7,9-11H,3-4,8H2,1-2H3,(H,25,26). The first kappa shape index (κ1) is 22.9. The Balaban J connectivity index is 1.44. The Morgan fingerprint density at radius 2 is 1.97 bits per heavy atom. The predicted molar refractivity (Wildman–Crippen MR) is 121 cm³/mol. The second kappa shape index (κ2) is 10.0. The van der Waals surface area contributed by atoms with Crippen molar-refractivity contribution in [1.29, 1.82) is 0 Å². The average Bonchev–Trinajstić information content (AvgIpc) is 2.66. The molecule has 160 valence electrons. The van der Waals surface area contributed by atoms with E-state index in [1.54, 1.807) is 36.5 Å². The van der Waals surface area contributed by atoms with Crippen molar-refractivity contribution < 1.29 is 18.6 Å². The minimum absolute atomic E-state index is 0.418. The van der Waals surface area contributed by atoms with Crippen molar-refractivity contribution in [3.05, 3.63) is 51.0 Å². The van der Waals surface area contributed by atoms with Gasteiger partial charge in [0, 0.05) is 11.8 Å². The lowest BCUT2D eigenvalue weighted by molar-refractivity contribution is 0.0418. The number of anilines is 1. The molecule has 1 amide bonds. The lowest BCUT2D eigenvalue weighted by Crippen LogP contribution is -2.34. The third kappa shape index (κ3) is 5.88. The molecule has 10 heteroatoms. The Morgan fingerprint density at radius 3 is 2.73 bits per heavy atom. The molecule has 0 radical (unpaired) electrons. The highest BCUT2D eigenvalue weighted by molar-refractivity contribution is 7.94. The number of amides is 1. The van der Waals surface area contributed by atoms with Crippen molar-refractivity contribution in [2.75, 3.05) is 11.9 Å². The summed E-state index contributed by atoms with van der Waals surface area (Å²) in [5, 5.41) is 7.91. The number of oxime groups is 1. The van der Waals surface area contributed by atoms with Gasteiger partial charge in [0.15, 0.2) is 0 Å². The van der Waals surface area contributed by atoms with Crippen molar-refractivity contribution in [3.8, 4) is 5.75 Å². The van der Waals surface area contributed by atoms with E-state index in [1.807, 2.05) is 13.8 Å². The normalized spacial score (nSPS) is 14.8. The number of fused-ring (bicyclic) bond motifs is 1. The van der Waals surface area contributed by atoms with Gasteiger partial charge in [-0.15, -0.1) is 0 Å². The van der Waals surface area contributed by atoms with E-state index in [2.05, 4.69) is 10.5 Å². The highest BCUT2D eigenvalue weighted by Gasteiger charge is 2.34. The molecular weight excluding hydrogens is 471 g/mol. The van der Waals surface area contributed by atoms with Gasteiger partial charge in [0.25, 0.3) is 0 Å². The van der Waals surface area contributed by atoms with Crippen LogP contribution in [0.25, 0.3) is 0 Å². The summed E-state index contributed by atoms with van der Waals surface area (Å²) in [6.07, 6.45) is 2.54. The lowest BCUT2D eigenvalue weighted by Gasteiger charge is -2.33. The molecule has 0 bridgehead atoms. The largest absolute Gasteiger partial charge is 0.492 e. The van der Waals surface area contributed by atoms with E-state index in [9.17, 15) is 4.79 Å². The van der Waals surface area contributed by atoms with Crippen LogP contribution in [0.4, 0.5) is 10.5 Å². The molecule has 1 heterocycles. The summed E-state index contributed by atoms with van der Waals surface area (Å²) in [6, 6.07) is 8.66. The minimum atomic E-state index is -0.768. The first-order chi connectivity index (χ1) is 14.3. The van der Waals surface area contributed by atoms with Gasteiger partial charge >= 0.3 is 6.09 Å². The zero-order chi connectivity index (χ0) is 21.7. The molecule has 0 aliphatic carbocycles. The SMILES string of the molecule is CC1(C)OC(=O)Nc2cc(Cl)c(OCCCC=NOSc3ccc(Cl)c(Cl)c3)cc21. The lowest BCUT2D eigenvalue weighted by atomic mass is 9.94. The van der Waals surface area contributed by atoms with Gasteiger partial charge in [-0.2, -0.15) is 0 Å².